The van der Waals surface area contributed by atoms with Gasteiger partial charge in [0.15, 0.2) is 0 Å². The van der Waals surface area contributed by atoms with Gasteiger partial charge in [-0.1, -0.05) is 19.8 Å². The van der Waals surface area contributed by atoms with Gasteiger partial charge in [-0.15, -0.1) is 12.8 Å². The number of nitrogens with zero attached hydrogens (tertiary/aromatic N) is 1. The third-order valence-corrected chi connectivity index (χ3v) is 5.01. The van der Waals surface area contributed by atoms with Gasteiger partial charge in [0.25, 0.3) is 0 Å². The number of aromatic nitrogens is 1. The normalized spacial score (nSPS) is 11.9. The largest absolute Gasteiger partial charge is 0.338 e. The molecule has 3 aromatic rings. The number of rotatable bonds is 6. The maximum atomic E-state index is 12.0. The fourth-order valence-electron chi connectivity index (χ4n) is 3.61. The number of hydrogen-bond donors (Lipinski definition) is 0. The molecule has 1 heterocycles. The summed E-state index contributed by atoms with van der Waals surface area (Å²) >= 11 is 0. The molecule has 0 aliphatic heterocycles. The lowest BCUT2D eigenvalue weighted by Gasteiger charge is -2.16. The first-order valence-corrected chi connectivity index (χ1v) is 9.11. The van der Waals surface area contributed by atoms with Crippen LogP contribution >= 0.6 is 0 Å². The van der Waals surface area contributed by atoms with E-state index in [9.17, 15) is 9.59 Å². The van der Waals surface area contributed by atoms with Crippen LogP contribution in [0.15, 0.2) is 36.4 Å². The number of Topliss-reactive ketones (excluding diaryl/α,β-unsaturated/α-hetero) is 2. The van der Waals surface area contributed by atoms with Gasteiger partial charge in [0.1, 0.15) is 0 Å². The van der Waals surface area contributed by atoms with Crippen molar-refractivity contribution in [1.82, 2.24) is 4.57 Å². The summed E-state index contributed by atoms with van der Waals surface area (Å²) in [6.07, 6.45) is 13.9. The lowest BCUT2D eigenvalue weighted by Crippen LogP contribution is -2.05. The Labute approximate surface area is 159 Å². The molecule has 0 spiro atoms. The average Bonchev–Trinajstić information content (AvgIpc) is 3.03. The molecule has 1 unspecified atom stereocenters. The monoisotopic (exact) mass is 355 g/mol. The highest BCUT2D eigenvalue weighted by Gasteiger charge is 2.18. The summed E-state index contributed by atoms with van der Waals surface area (Å²) in [5.41, 5.74) is 2.98. The molecule has 0 bridgehead atoms. The Kier molecular flexibility index (Phi) is 5.15. The van der Waals surface area contributed by atoms with Crippen molar-refractivity contribution in [2.45, 2.75) is 39.2 Å². The van der Waals surface area contributed by atoms with Crippen molar-refractivity contribution in [3.05, 3.63) is 47.5 Å². The van der Waals surface area contributed by atoms with Crippen LogP contribution in [0.3, 0.4) is 0 Å². The van der Waals surface area contributed by atoms with E-state index in [0.717, 1.165) is 41.1 Å². The summed E-state index contributed by atoms with van der Waals surface area (Å²) in [5, 5.41) is 1.81. The van der Waals surface area contributed by atoms with Crippen molar-refractivity contribution < 1.29 is 9.59 Å². The van der Waals surface area contributed by atoms with Crippen LogP contribution < -0.4 is 0 Å². The highest BCUT2D eigenvalue weighted by atomic mass is 16.1. The van der Waals surface area contributed by atoms with E-state index in [1.165, 1.54) is 0 Å². The van der Waals surface area contributed by atoms with Crippen LogP contribution in [0, 0.1) is 24.7 Å². The Morgan fingerprint density at radius 2 is 1.44 bits per heavy atom. The Balaban J connectivity index is 2.33. The zero-order valence-corrected chi connectivity index (χ0v) is 15.6. The van der Waals surface area contributed by atoms with Gasteiger partial charge in [-0.25, -0.2) is 0 Å². The molecular weight excluding hydrogens is 334 g/mol. The number of hydrogen-bond acceptors (Lipinski definition) is 2. The molecule has 1 aromatic heterocycles. The fourth-order valence-corrected chi connectivity index (χ4v) is 3.61. The first kappa shape index (κ1) is 18.5. The van der Waals surface area contributed by atoms with Gasteiger partial charge in [-0.2, -0.15) is 0 Å². The van der Waals surface area contributed by atoms with Gasteiger partial charge in [0, 0.05) is 39.0 Å². The van der Waals surface area contributed by atoms with Crippen molar-refractivity contribution in [2.24, 2.45) is 0 Å². The van der Waals surface area contributed by atoms with E-state index in [0.29, 0.717) is 11.1 Å². The fraction of sp³-hybridized carbons (Fsp3) is 0.250. The molecule has 0 amide bonds. The summed E-state index contributed by atoms with van der Waals surface area (Å²) < 4.78 is 2.27. The van der Waals surface area contributed by atoms with Crippen LogP contribution in [-0.4, -0.2) is 16.1 Å². The number of benzene rings is 2. The second-order valence-electron chi connectivity index (χ2n) is 6.77. The SMILES string of the molecule is C#CC(=O)c1ccc2c(c1)c1cc(C(=O)C#C)ccc1n2C(C)CCCC. The molecular formula is C24H21NO2. The molecule has 3 nitrogen and oxygen atoms in total. The van der Waals surface area contributed by atoms with Crippen LogP contribution in [0.1, 0.15) is 59.9 Å². The van der Waals surface area contributed by atoms with Crippen molar-refractivity contribution in [3.63, 3.8) is 0 Å². The molecule has 0 aliphatic rings. The first-order valence-electron chi connectivity index (χ1n) is 9.11. The van der Waals surface area contributed by atoms with Gasteiger partial charge >= 0.3 is 0 Å². The third-order valence-electron chi connectivity index (χ3n) is 5.01. The van der Waals surface area contributed by atoms with E-state index in [1.807, 2.05) is 24.3 Å². The first-order chi connectivity index (χ1) is 13.0. The molecule has 3 rings (SSSR count). The maximum absolute atomic E-state index is 12.0. The van der Waals surface area contributed by atoms with Crippen LogP contribution in [-0.2, 0) is 0 Å². The average molecular weight is 355 g/mol. The van der Waals surface area contributed by atoms with Gasteiger partial charge in [0.2, 0.25) is 11.6 Å². The molecule has 27 heavy (non-hydrogen) atoms. The van der Waals surface area contributed by atoms with Crippen LogP contribution in [0.4, 0.5) is 0 Å². The van der Waals surface area contributed by atoms with Crippen LogP contribution in [0.2, 0.25) is 0 Å². The molecule has 0 N–H and O–H groups in total. The molecule has 0 fully saturated rings. The number of carbonyl (C=O) groups excluding carboxylic acids is 2. The van der Waals surface area contributed by atoms with Crippen molar-refractivity contribution in [2.75, 3.05) is 0 Å². The van der Waals surface area contributed by atoms with Crippen molar-refractivity contribution in [3.8, 4) is 24.7 Å². The topological polar surface area (TPSA) is 39.1 Å². The summed E-state index contributed by atoms with van der Waals surface area (Å²) in [4.78, 5) is 23.9. The van der Waals surface area contributed by atoms with Gasteiger partial charge in [-0.3, -0.25) is 9.59 Å². The number of unbranched alkanes of at least 4 members (excludes halogenated alkanes) is 1. The summed E-state index contributed by atoms with van der Waals surface area (Å²) in [6, 6.07) is 11.3. The second kappa shape index (κ2) is 7.52. The molecule has 2 aromatic carbocycles. The minimum atomic E-state index is -0.354. The number of terminal acetylenes is 2. The number of fused-ring (bicyclic) bond motifs is 3. The van der Waals surface area contributed by atoms with E-state index < -0.39 is 0 Å². The van der Waals surface area contributed by atoms with Gasteiger partial charge in [0.05, 0.1) is 0 Å². The van der Waals surface area contributed by atoms with Gasteiger partial charge in [-0.05, 0) is 61.6 Å². The highest BCUT2D eigenvalue weighted by Crippen LogP contribution is 2.34. The Morgan fingerprint density at radius 1 is 0.963 bits per heavy atom. The molecule has 0 aliphatic carbocycles. The predicted octanol–water partition coefficient (Wildman–Crippen LogP) is 5.18. The minimum absolute atomic E-state index is 0.285. The van der Waals surface area contributed by atoms with Crippen LogP contribution in [0.25, 0.3) is 21.8 Å². The lowest BCUT2D eigenvalue weighted by atomic mass is 10.0. The van der Waals surface area contributed by atoms with E-state index in [2.05, 4.69) is 30.3 Å². The molecule has 3 heteroatoms. The third kappa shape index (κ3) is 3.25. The van der Waals surface area contributed by atoms with Gasteiger partial charge < -0.3 is 4.57 Å². The summed E-state index contributed by atoms with van der Waals surface area (Å²) in [6.45, 7) is 4.36. The van der Waals surface area contributed by atoms with Crippen molar-refractivity contribution >= 4 is 33.4 Å². The Bertz CT molecular complexity index is 1050. The smallest absolute Gasteiger partial charge is 0.235 e. The Morgan fingerprint density at radius 3 is 1.85 bits per heavy atom. The quantitative estimate of drug-likeness (QED) is 0.347. The highest BCUT2D eigenvalue weighted by molar-refractivity contribution is 6.17. The molecule has 0 radical (unpaired) electrons. The number of carbonyl (C=O) groups is 2. The number of ketones is 2. The minimum Gasteiger partial charge on any atom is -0.338 e. The van der Waals surface area contributed by atoms with E-state index in [-0.39, 0.29) is 17.6 Å². The van der Waals surface area contributed by atoms with E-state index in [4.69, 9.17) is 12.8 Å². The lowest BCUT2D eigenvalue weighted by molar-refractivity contribution is 0.104. The molecule has 0 saturated heterocycles. The summed E-state index contributed by atoms with van der Waals surface area (Å²) in [5.74, 6) is 3.62. The maximum Gasteiger partial charge on any atom is 0.235 e. The van der Waals surface area contributed by atoms with Crippen molar-refractivity contribution in [1.29, 1.82) is 0 Å². The molecule has 134 valence electrons. The molecule has 1 atom stereocenters. The molecule has 0 saturated carbocycles. The van der Waals surface area contributed by atoms with E-state index >= 15 is 0 Å². The summed E-state index contributed by atoms with van der Waals surface area (Å²) in [7, 11) is 0. The zero-order valence-electron chi connectivity index (χ0n) is 15.6. The van der Waals surface area contributed by atoms with E-state index in [1.54, 1.807) is 12.1 Å². The second-order valence-corrected chi connectivity index (χ2v) is 6.77. The predicted molar refractivity (Wildman–Crippen MR) is 110 cm³/mol. The zero-order chi connectivity index (χ0) is 19.6. The standard InChI is InChI=1S/C24H21NO2/c1-5-8-9-16(4)25-21-12-10-17(23(26)6-2)14-19(21)20-15-18(24(27)7-3)11-13-22(20)25/h2-3,10-16H,5,8-9H2,1,4H3. The Hall–Kier alpha value is -3.30. The van der Waals surface area contributed by atoms with Crippen LogP contribution in [0.5, 0.6) is 0 Å².